The molecule has 0 atom stereocenters. The Bertz CT molecular complexity index is 430. The maximum atomic E-state index is 12.7. The molecule has 0 aromatic heterocycles. The zero-order valence-electron chi connectivity index (χ0n) is 11.7. The van der Waals surface area contributed by atoms with Gasteiger partial charge >= 0.3 is 0 Å². The molecule has 1 fully saturated rings. The van der Waals surface area contributed by atoms with Crippen molar-refractivity contribution in [1.82, 2.24) is 4.90 Å². The number of ether oxygens (including phenoxy) is 1. The smallest absolute Gasteiger partial charge is 0.256 e. The van der Waals surface area contributed by atoms with Gasteiger partial charge in [-0.2, -0.15) is 0 Å². The molecular formula is C15H22N2O2. The molecule has 0 aliphatic heterocycles. The van der Waals surface area contributed by atoms with Crippen molar-refractivity contribution in [2.45, 2.75) is 25.8 Å². The third-order valence-electron chi connectivity index (χ3n) is 3.31. The van der Waals surface area contributed by atoms with Crippen molar-refractivity contribution in [3.05, 3.63) is 29.8 Å². The molecule has 0 spiro atoms. The molecule has 1 aliphatic carbocycles. The van der Waals surface area contributed by atoms with Gasteiger partial charge in [-0.3, -0.25) is 4.79 Å². The molecule has 1 N–H and O–H groups in total. The molecule has 0 saturated heterocycles. The molecule has 4 heteroatoms. The lowest BCUT2D eigenvalue weighted by Crippen LogP contribution is -2.36. The predicted octanol–water partition coefficient (Wildman–Crippen LogP) is 2.37. The van der Waals surface area contributed by atoms with E-state index in [0.717, 1.165) is 30.6 Å². The van der Waals surface area contributed by atoms with Crippen LogP contribution < -0.4 is 5.32 Å². The van der Waals surface area contributed by atoms with E-state index in [2.05, 4.69) is 5.32 Å². The molecule has 0 bridgehead atoms. The monoisotopic (exact) mass is 262 g/mol. The van der Waals surface area contributed by atoms with E-state index in [4.69, 9.17) is 4.74 Å². The van der Waals surface area contributed by atoms with Crippen LogP contribution in [0.5, 0.6) is 0 Å². The highest BCUT2D eigenvalue weighted by atomic mass is 16.5. The van der Waals surface area contributed by atoms with Gasteiger partial charge in [0.15, 0.2) is 0 Å². The number of methoxy groups -OCH3 is 1. The number of para-hydroxylation sites is 1. The van der Waals surface area contributed by atoms with Crippen LogP contribution in [-0.2, 0) is 4.74 Å². The summed E-state index contributed by atoms with van der Waals surface area (Å²) >= 11 is 0. The number of rotatable bonds is 7. The van der Waals surface area contributed by atoms with E-state index in [-0.39, 0.29) is 5.91 Å². The Kier molecular flexibility index (Phi) is 4.80. The second kappa shape index (κ2) is 6.57. The van der Waals surface area contributed by atoms with E-state index in [1.54, 1.807) is 7.11 Å². The maximum Gasteiger partial charge on any atom is 0.256 e. The summed E-state index contributed by atoms with van der Waals surface area (Å²) < 4.78 is 5.10. The normalized spacial score (nSPS) is 14.2. The van der Waals surface area contributed by atoms with Crippen LogP contribution >= 0.6 is 0 Å². The van der Waals surface area contributed by atoms with Crippen LogP contribution in [0.4, 0.5) is 5.69 Å². The van der Waals surface area contributed by atoms with Gasteiger partial charge in [-0.15, -0.1) is 0 Å². The number of amides is 1. The molecule has 1 amide bonds. The Balaban J connectivity index is 2.16. The summed E-state index contributed by atoms with van der Waals surface area (Å²) in [5, 5.41) is 3.25. The Labute approximate surface area is 114 Å². The number of nitrogens with zero attached hydrogens (tertiary/aromatic N) is 1. The highest BCUT2D eigenvalue weighted by molar-refractivity contribution is 5.99. The fraction of sp³-hybridized carbons (Fsp3) is 0.533. The molecule has 104 valence electrons. The quantitative estimate of drug-likeness (QED) is 0.820. The minimum Gasteiger partial charge on any atom is -0.385 e. The van der Waals surface area contributed by atoms with Crippen LogP contribution in [0.15, 0.2) is 24.3 Å². The van der Waals surface area contributed by atoms with E-state index in [1.165, 1.54) is 0 Å². The van der Waals surface area contributed by atoms with Crippen molar-refractivity contribution < 1.29 is 9.53 Å². The van der Waals surface area contributed by atoms with Crippen molar-refractivity contribution in [2.75, 3.05) is 32.1 Å². The lowest BCUT2D eigenvalue weighted by atomic mass is 10.1. The molecule has 1 aromatic carbocycles. The lowest BCUT2D eigenvalue weighted by molar-refractivity contribution is 0.0681. The van der Waals surface area contributed by atoms with E-state index >= 15 is 0 Å². The number of anilines is 1. The van der Waals surface area contributed by atoms with Crippen LogP contribution in [0.2, 0.25) is 0 Å². The molecule has 19 heavy (non-hydrogen) atoms. The average molecular weight is 262 g/mol. The average Bonchev–Trinajstić information content (AvgIpc) is 3.24. The van der Waals surface area contributed by atoms with Crippen LogP contribution in [0.25, 0.3) is 0 Å². The number of benzene rings is 1. The molecule has 1 saturated carbocycles. The number of hydrogen-bond acceptors (Lipinski definition) is 3. The molecule has 4 nitrogen and oxygen atoms in total. The van der Waals surface area contributed by atoms with Gasteiger partial charge in [-0.05, 0) is 31.9 Å². The second-order valence-electron chi connectivity index (χ2n) is 4.80. The highest BCUT2D eigenvalue weighted by Gasteiger charge is 2.33. The largest absolute Gasteiger partial charge is 0.385 e. The van der Waals surface area contributed by atoms with Crippen molar-refractivity contribution in [1.29, 1.82) is 0 Å². The number of hydrogen-bond donors (Lipinski definition) is 1. The van der Waals surface area contributed by atoms with Crippen LogP contribution in [0, 0.1) is 0 Å². The van der Waals surface area contributed by atoms with Crippen molar-refractivity contribution in [3.8, 4) is 0 Å². The summed E-state index contributed by atoms with van der Waals surface area (Å²) in [4.78, 5) is 14.6. The molecule has 0 heterocycles. The van der Waals surface area contributed by atoms with E-state index in [9.17, 15) is 4.79 Å². The third-order valence-corrected chi connectivity index (χ3v) is 3.31. The van der Waals surface area contributed by atoms with E-state index < -0.39 is 0 Å². The minimum atomic E-state index is 0.108. The van der Waals surface area contributed by atoms with E-state index in [0.29, 0.717) is 19.2 Å². The van der Waals surface area contributed by atoms with Gasteiger partial charge in [-0.25, -0.2) is 0 Å². The Hall–Kier alpha value is -1.55. The lowest BCUT2D eigenvalue weighted by Gasteiger charge is -2.23. The SMILES string of the molecule is CCNc1ccccc1C(=O)N(CCOC)C1CC1. The summed E-state index contributed by atoms with van der Waals surface area (Å²) in [5.74, 6) is 0.108. The van der Waals surface area contributed by atoms with Crippen LogP contribution in [0.3, 0.4) is 0 Å². The first kappa shape index (κ1) is 13.9. The van der Waals surface area contributed by atoms with Gasteiger partial charge in [0.25, 0.3) is 5.91 Å². The molecule has 0 radical (unpaired) electrons. The zero-order chi connectivity index (χ0) is 13.7. The molecule has 0 unspecified atom stereocenters. The number of carbonyl (C=O) groups is 1. The Morgan fingerprint density at radius 2 is 2.16 bits per heavy atom. The predicted molar refractivity (Wildman–Crippen MR) is 76.5 cm³/mol. The van der Waals surface area contributed by atoms with E-state index in [1.807, 2.05) is 36.1 Å². The van der Waals surface area contributed by atoms with Gasteiger partial charge in [0, 0.05) is 31.9 Å². The Morgan fingerprint density at radius 1 is 1.42 bits per heavy atom. The van der Waals surface area contributed by atoms with Gasteiger partial charge in [-0.1, -0.05) is 12.1 Å². The van der Waals surface area contributed by atoms with Crippen LogP contribution in [-0.4, -0.2) is 43.7 Å². The van der Waals surface area contributed by atoms with Gasteiger partial charge in [0.2, 0.25) is 0 Å². The number of carbonyl (C=O) groups excluding carboxylic acids is 1. The first-order valence-electron chi connectivity index (χ1n) is 6.90. The topological polar surface area (TPSA) is 41.6 Å². The summed E-state index contributed by atoms with van der Waals surface area (Å²) in [6, 6.07) is 8.11. The summed E-state index contributed by atoms with van der Waals surface area (Å²) in [7, 11) is 1.67. The standard InChI is InChI=1S/C15H22N2O2/c1-3-16-14-7-5-4-6-13(14)15(18)17(10-11-19-2)12-8-9-12/h4-7,12,16H,3,8-11H2,1-2H3. The molecule has 1 aromatic rings. The Morgan fingerprint density at radius 3 is 2.79 bits per heavy atom. The highest BCUT2D eigenvalue weighted by Crippen LogP contribution is 2.29. The molecule has 1 aliphatic rings. The summed E-state index contributed by atoms with van der Waals surface area (Å²) in [5.41, 5.74) is 1.67. The summed E-state index contributed by atoms with van der Waals surface area (Å²) in [6.07, 6.45) is 2.22. The van der Waals surface area contributed by atoms with Gasteiger partial charge in [0.1, 0.15) is 0 Å². The van der Waals surface area contributed by atoms with Gasteiger partial charge < -0.3 is 15.0 Å². The maximum absolute atomic E-state index is 12.7. The van der Waals surface area contributed by atoms with Gasteiger partial charge in [0.05, 0.1) is 12.2 Å². The van der Waals surface area contributed by atoms with Crippen molar-refractivity contribution in [2.24, 2.45) is 0 Å². The van der Waals surface area contributed by atoms with Crippen LogP contribution in [0.1, 0.15) is 30.1 Å². The first-order valence-corrected chi connectivity index (χ1v) is 6.90. The minimum absolute atomic E-state index is 0.108. The third kappa shape index (κ3) is 3.47. The van der Waals surface area contributed by atoms with Crippen molar-refractivity contribution in [3.63, 3.8) is 0 Å². The second-order valence-corrected chi connectivity index (χ2v) is 4.80. The molecular weight excluding hydrogens is 240 g/mol. The summed E-state index contributed by atoms with van der Waals surface area (Å²) in [6.45, 7) is 4.10. The zero-order valence-corrected chi connectivity index (χ0v) is 11.7. The molecule has 2 rings (SSSR count). The number of nitrogens with one attached hydrogen (secondary N) is 1. The first-order chi connectivity index (χ1) is 9.27. The fourth-order valence-electron chi connectivity index (χ4n) is 2.19. The fourth-order valence-corrected chi connectivity index (χ4v) is 2.19. The van der Waals surface area contributed by atoms with Crippen molar-refractivity contribution >= 4 is 11.6 Å².